The van der Waals surface area contributed by atoms with Crippen LogP contribution in [0.1, 0.15) is 6.42 Å². The SMILES string of the molecule is COP(=O)(CCC[n+]1ccc2ccccc2c1)OC. The van der Waals surface area contributed by atoms with Gasteiger partial charge in [0, 0.05) is 32.1 Å². The second kappa shape index (κ2) is 6.29. The molecule has 0 bridgehead atoms. The summed E-state index contributed by atoms with van der Waals surface area (Å²) in [5.74, 6) is 0. The van der Waals surface area contributed by atoms with Gasteiger partial charge in [-0.15, -0.1) is 0 Å². The average Bonchev–Trinajstić information content (AvgIpc) is 2.47. The Labute approximate surface area is 113 Å². The van der Waals surface area contributed by atoms with Crippen LogP contribution >= 0.6 is 7.60 Å². The molecule has 0 atom stereocenters. The van der Waals surface area contributed by atoms with E-state index in [1.807, 2.05) is 18.3 Å². The number of hydrogen-bond acceptors (Lipinski definition) is 3. The molecule has 102 valence electrons. The molecular formula is C14H19NO3P+. The zero-order valence-electron chi connectivity index (χ0n) is 11.3. The summed E-state index contributed by atoms with van der Waals surface area (Å²) in [6, 6.07) is 10.3. The van der Waals surface area contributed by atoms with Crippen molar-refractivity contribution in [2.45, 2.75) is 13.0 Å². The fourth-order valence-electron chi connectivity index (χ4n) is 2.02. The van der Waals surface area contributed by atoms with Crippen molar-refractivity contribution in [3.05, 3.63) is 42.7 Å². The third-order valence-electron chi connectivity index (χ3n) is 3.15. The van der Waals surface area contributed by atoms with Gasteiger partial charge in [0.15, 0.2) is 12.4 Å². The number of rotatable bonds is 6. The highest BCUT2D eigenvalue weighted by atomic mass is 31.2. The van der Waals surface area contributed by atoms with Crippen molar-refractivity contribution >= 4 is 18.4 Å². The predicted octanol–water partition coefficient (Wildman–Crippen LogP) is 3.00. The highest BCUT2D eigenvalue weighted by molar-refractivity contribution is 7.53. The Morgan fingerprint density at radius 3 is 2.47 bits per heavy atom. The van der Waals surface area contributed by atoms with E-state index in [0.29, 0.717) is 6.16 Å². The molecule has 0 aliphatic heterocycles. The lowest BCUT2D eigenvalue weighted by Gasteiger charge is -2.11. The highest BCUT2D eigenvalue weighted by Gasteiger charge is 2.20. The molecule has 4 nitrogen and oxygen atoms in total. The number of fused-ring (bicyclic) bond motifs is 1. The van der Waals surface area contributed by atoms with Crippen LogP contribution in [0.15, 0.2) is 42.7 Å². The van der Waals surface area contributed by atoms with E-state index in [0.717, 1.165) is 13.0 Å². The lowest BCUT2D eigenvalue weighted by atomic mass is 10.2. The largest absolute Gasteiger partial charge is 0.330 e. The van der Waals surface area contributed by atoms with Crippen LogP contribution in [0.4, 0.5) is 0 Å². The minimum atomic E-state index is -2.88. The van der Waals surface area contributed by atoms with Crippen molar-refractivity contribution in [1.82, 2.24) is 0 Å². The molecule has 0 aliphatic rings. The Kier molecular flexibility index (Phi) is 4.70. The standard InChI is InChI=1S/C14H19NO3P/c1-17-19(16,18-2)11-5-9-15-10-8-13-6-3-4-7-14(13)12-15/h3-4,6-8,10,12H,5,9,11H2,1-2H3/q+1. The normalized spacial score (nSPS) is 11.9. The molecule has 0 aliphatic carbocycles. The van der Waals surface area contributed by atoms with Crippen molar-refractivity contribution < 1.29 is 18.2 Å². The molecule has 2 aromatic rings. The van der Waals surface area contributed by atoms with E-state index >= 15 is 0 Å². The average molecular weight is 280 g/mol. The first-order valence-electron chi connectivity index (χ1n) is 6.25. The topological polar surface area (TPSA) is 39.4 Å². The minimum absolute atomic E-state index is 0.430. The molecular weight excluding hydrogens is 261 g/mol. The summed E-state index contributed by atoms with van der Waals surface area (Å²) < 4.78 is 23.8. The van der Waals surface area contributed by atoms with Gasteiger partial charge in [-0.1, -0.05) is 18.2 Å². The molecule has 0 amide bonds. The van der Waals surface area contributed by atoms with E-state index in [2.05, 4.69) is 29.0 Å². The molecule has 1 aromatic heterocycles. The Balaban J connectivity index is 2.00. The summed E-state index contributed by atoms with van der Waals surface area (Å²) in [4.78, 5) is 0. The van der Waals surface area contributed by atoms with Gasteiger partial charge < -0.3 is 9.05 Å². The molecule has 2 rings (SSSR count). The number of nitrogens with zero attached hydrogens (tertiary/aromatic N) is 1. The van der Waals surface area contributed by atoms with Crippen molar-refractivity contribution in [2.75, 3.05) is 20.4 Å². The maximum Gasteiger partial charge on any atom is 0.330 e. The fourth-order valence-corrected chi connectivity index (χ4v) is 3.06. The van der Waals surface area contributed by atoms with Crippen LogP contribution in [0.25, 0.3) is 10.8 Å². The van der Waals surface area contributed by atoms with Gasteiger partial charge in [-0.2, -0.15) is 0 Å². The van der Waals surface area contributed by atoms with E-state index in [1.165, 1.54) is 25.0 Å². The first kappa shape index (κ1) is 14.2. The second-order valence-corrected chi connectivity index (χ2v) is 6.76. The lowest BCUT2D eigenvalue weighted by Crippen LogP contribution is -2.33. The Hall–Kier alpha value is -1.22. The summed E-state index contributed by atoms with van der Waals surface area (Å²) in [5, 5.41) is 2.42. The van der Waals surface area contributed by atoms with E-state index < -0.39 is 7.60 Å². The summed E-state index contributed by atoms with van der Waals surface area (Å²) in [7, 11) is -0.0314. The molecule has 0 unspecified atom stereocenters. The van der Waals surface area contributed by atoms with Gasteiger partial charge in [-0.3, -0.25) is 4.57 Å². The Bertz CT molecular complexity index is 592. The Morgan fingerprint density at radius 2 is 1.79 bits per heavy atom. The predicted molar refractivity (Wildman–Crippen MR) is 75.3 cm³/mol. The number of pyridine rings is 1. The summed E-state index contributed by atoms with van der Waals surface area (Å²) in [5.41, 5.74) is 0. The lowest BCUT2D eigenvalue weighted by molar-refractivity contribution is -0.695. The molecule has 0 spiro atoms. The van der Waals surface area contributed by atoms with Gasteiger partial charge in [-0.05, 0) is 11.5 Å². The second-order valence-electron chi connectivity index (χ2n) is 4.36. The molecule has 0 N–H and O–H groups in total. The van der Waals surface area contributed by atoms with Crippen LogP contribution in [0.3, 0.4) is 0 Å². The van der Waals surface area contributed by atoms with Crippen molar-refractivity contribution in [3.63, 3.8) is 0 Å². The van der Waals surface area contributed by atoms with Gasteiger partial charge in [-0.25, -0.2) is 4.57 Å². The van der Waals surface area contributed by atoms with Gasteiger partial charge in [0.1, 0.15) is 6.54 Å². The zero-order chi connectivity index (χ0) is 13.7. The van der Waals surface area contributed by atoms with Gasteiger partial charge >= 0.3 is 7.60 Å². The van der Waals surface area contributed by atoms with Crippen LogP contribution < -0.4 is 4.57 Å². The highest BCUT2D eigenvalue weighted by Crippen LogP contribution is 2.46. The molecule has 19 heavy (non-hydrogen) atoms. The van der Waals surface area contributed by atoms with Crippen molar-refractivity contribution in [1.29, 1.82) is 0 Å². The summed E-state index contributed by atoms with van der Waals surface area (Å²) in [6.07, 6.45) is 5.31. The number of benzene rings is 1. The zero-order valence-corrected chi connectivity index (χ0v) is 12.2. The molecule has 1 heterocycles. The first-order valence-corrected chi connectivity index (χ1v) is 7.98. The third-order valence-corrected chi connectivity index (χ3v) is 5.13. The van der Waals surface area contributed by atoms with Crippen molar-refractivity contribution in [3.8, 4) is 0 Å². The summed E-state index contributed by atoms with van der Waals surface area (Å²) in [6.45, 7) is 0.793. The van der Waals surface area contributed by atoms with Crippen LogP contribution in [-0.4, -0.2) is 20.4 Å². The molecule has 0 radical (unpaired) electrons. The van der Waals surface area contributed by atoms with E-state index in [-0.39, 0.29) is 0 Å². The Morgan fingerprint density at radius 1 is 1.11 bits per heavy atom. The number of hydrogen-bond donors (Lipinski definition) is 0. The van der Waals surface area contributed by atoms with Crippen LogP contribution in [0, 0.1) is 0 Å². The summed E-state index contributed by atoms with van der Waals surface area (Å²) >= 11 is 0. The third kappa shape index (κ3) is 3.63. The van der Waals surface area contributed by atoms with E-state index in [1.54, 1.807) is 0 Å². The van der Waals surface area contributed by atoms with E-state index in [4.69, 9.17) is 9.05 Å². The number of aromatic nitrogens is 1. The van der Waals surface area contributed by atoms with Crippen molar-refractivity contribution in [2.24, 2.45) is 0 Å². The van der Waals surface area contributed by atoms with Gasteiger partial charge in [0.05, 0.1) is 6.16 Å². The maximum atomic E-state index is 11.9. The molecule has 0 saturated carbocycles. The molecule has 0 saturated heterocycles. The maximum absolute atomic E-state index is 11.9. The van der Waals surface area contributed by atoms with Crippen LogP contribution in [0.5, 0.6) is 0 Å². The van der Waals surface area contributed by atoms with Gasteiger partial charge in [0.2, 0.25) is 0 Å². The minimum Gasteiger partial charge on any atom is -0.312 e. The molecule has 1 aromatic carbocycles. The number of aryl methyl sites for hydroxylation is 1. The first-order chi connectivity index (χ1) is 9.17. The molecule has 5 heteroatoms. The molecule has 0 fully saturated rings. The van der Waals surface area contributed by atoms with Crippen LogP contribution in [-0.2, 0) is 20.2 Å². The van der Waals surface area contributed by atoms with Gasteiger partial charge in [0.25, 0.3) is 0 Å². The van der Waals surface area contributed by atoms with Crippen LogP contribution in [0.2, 0.25) is 0 Å². The fraction of sp³-hybridized carbons (Fsp3) is 0.357. The smallest absolute Gasteiger partial charge is 0.312 e. The quantitative estimate of drug-likeness (QED) is 0.603. The monoisotopic (exact) mass is 280 g/mol. The van der Waals surface area contributed by atoms with E-state index in [9.17, 15) is 4.57 Å².